The largest absolute Gasteiger partial charge is 0.416 e. The van der Waals surface area contributed by atoms with Crippen LogP contribution in [0, 0.1) is 0 Å². The minimum atomic E-state index is -4.49. The van der Waals surface area contributed by atoms with Crippen molar-refractivity contribution in [1.29, 1.82) is 0 Å². The van der Waals surface area contributed by atoms with Crippen LogP contribution in [0.5, 0.6) is 0 Å². The normalized spacial score (nSPS) is 21.1. The fourth-order valence-electron chi connectivity index (χ4n) is 2.20. The van der Waals surface area contributed by atoms with E-state index in [4.69, 9.17) is 10.5 Å². The zero-order valence-electron chi connectivity index (χ0n) is 10.8. The van der Waals surface area contributed by atoms with Crippen molar-refractivity contribution in [3.8, 4) is 0 Å². The van der Waals surface area contributed by atoms with Crippen molar-refractivity contribution in [3.05, 3.63) is 29.3 Å². The highest BCUT2D eigenvalue weighted by Gasteiger charge is 2.34. The maximum Gasteiger partial charge on any atom is 0.416 e. The second-order valence-electron chi connectivity index (χ2n) is 4.80. The van der Waals surface area contributed by atoms with E-state index in [0.29, 0.717) is 6.61 Å². The van der Waals surface area contributed by atoms with Crippen LogP contribution in [-0.2, 0) is 27.5 Å². The molecule has 2 N–H and O–H groups in total. The molecule has 2 atom stereocenters. The van der Waals surface area contributed by atoms with Crippen molar-refractivity contribution in [2.24, 2.45) is 0 Å². The first-order valence-electron chi connectivity index (χ1n) is 6.28. The molecule has 0 saturated carbocycles. The van der Waals surface area contributed by atoms with Gasteiger partial charge in [-0.15, -0.1) is 0 Å². The summed E-state index contributed by atoms with van der Waals surface area (Å²) in [6, 6.07) is 3.58. The van der Waals surface area contributed by atoms with Crippen molar-refractivity contribution >= 4 is 16.5 Å². The van der Waals surface area contributed by atoms with Gasteiger partial charge in [0, 0.05) is 28.8 Å². The Hall–Kier alpha value is -1.08. The van der Waals surface area contributed by atoms with E-state index in [1.54, 1.807) is 0 Å². The van der Waals surface area contributed by atoms with E-state index in [-0.39, 0.29) is 28.9 Å². The van der Waals surface area contributed by atoms with Gasteiger partial charge in [-0.1, -0.05) is 6.07 Å². The van der Waals surface area contributed by atoms with Gasteiger partial charge in [0.05, 0.1) is 17.4 Å². The van der Waals surface area contributed by atoms with Crippen LogP contribution in [0.4, 0.5) is 18.9 Å². The Morgan fingerprint density at radius 1 is 1.40 bits per heavy atom. The number of benzene rings is 1. The molecule has 2 unspecified atom stereocenters. The van der Waals surface area contributed by atoms with Crippen molar-refractivity contribution in [1.82, 2.24) is 0 Å². The Morgan fingerprint density at radius 3 is 2.75 bits per heavy atom. The predicted octanol–water partition coefficient (Wildman–Crippen LogP) is 2.72. The Morgan fingerprint density at radius 2 is 2.15 bits per heavy atom. The molecule has 0 spiro atoms. The fraction of sp³-hybridized carbons (Fsp3) is 0.538. The number of alkyl halides is 3. The summed E-state index contributed by atoms with van der Waals surface area (Å²) in [6.07, 6.45) is -2.85. The molecular weight excluding hydrogens is 291 g/mol. The van der Waals surface area contributed by atoms with Crippen LogP contribution < -0.4 is 5.73 Å². The standard InChI is InChI=1S/C13H16F3NO2S/c14-13(15,16)12-6-10(17)4-3-9(12)7-20(18)8-11-2-1-5-19-11/h3-4,6,11H,1-2,5,7-8,17H2. The van der Waals surface area contributed by atoms with Gasteiger partial charge < -0.3 is 10.5 Å². The number of hydrogen-bond acceptors (Lipinski definition) is 3. The number of anilines is 1. The highest BCUT2D eigenvalue weighted by Crippen LogP contribution is 2.34. The lowest BCUT2D eigenvalue weighted by Gasteiger charge is -2.14. The second-order valence-corrected chi connectivity index (χ2v) is 6.30. The number of halogens is 3. The van der Waals surface area contributed by atoms with Crippen LogP contribution in [0.2, 0.25) is 0 Å². The van der Waals surface area contributed by atoms with Gasteiger partial charge in [0.2, 0.25) is 0 Å². The summed E-state index contributed by atoms with van der Waals surface area (Å²) in [5.41, 5.74) is 4.65. The van der Waals surface area contributed by atoms with Gasteiger partial charge in [-0.3, -0.25) is 4.21 Å². The van der Waals surface area contributed by atoms with Crippen LogP contribution in [0.1, 0.15) is 24.0 Å². The van der Waals surface area contributed by atoms with Crippen LogP contribution >= 0.6 is 0 Å². The molecule has 112 valence electrons. The minimum Gasteiger partial charge on any atom is -0.399 e. The monoisotopic (exact) mass is 307 g/mol. The SMILES string of the molecule is Nc1ccc(CS(=O)CC2CCCO2)c(C(F)(F)F)c1. The van der Waals surface area contributed by atoms with Crippen molar-refractivity contribution in [2.75, 3.05) is 18.1 Å². The first-order valence-corrected chi connectivity index (χ1v) is 7.77. The lowest BCUT2D eigenvalue weighted by molar-refractivity contribution is -0.138. The first-order chi connectivity index (χ1) is 9.36. The van der Waals surface area contributed by atoms with Crippen LogP contribution in [-0.4, -0.2) is 22.7 Å². The van der Waals surface area contributed by atoms with Crippen LogP contribution in [0.25, 0.3) is 0 Å². The molecule has 0 aliphatic carbocycles. The summed E-state index contributed by atoms with van der Waals surface area (Å²) in [6.45, 7) is 0.636. The molecule has 0 bridgehead atoms. The Bertz CT molecular complexity index is 499. The molecule has 1 heterocycles. The third kappa shape index (κ3) is 3.96. The van der Waals surface area contributed by atoms with E-state index in [9.17, 15) is 17.4 Å². The van der Waals surface area contributed by atoms with E-state index in [0.717, 1.165) is 18.9 Å². The van der Waals surface area contributed by atoms with E-state index in [1.165, 1.54) is 12.1 Å². The van der Waals surface area contributed by atoms with Gasteiger partial charge in [-0.2, -0.15) is 13.2 Å². The molecule has 2 rings (SSSR count). The van der Waals surface area contributed by atoms with Gasteiger partial charge >= 0.3 is 6.18 Å². The summed E-state index contributed by atoms with van der Waals surface area (Å²) in [4.78, 5) is 0. The van der Waals surface area contributed by atoms with Crippen LogP contribution in [0.15, 0.2) is 18.2 Å². The smallest absolute Gasteiger partial charge is 0.399 e. The molecule has 1 aliphatic heterocycles. The van der Waals surface area contributed by atoms with Gasteiger partial charge in [0.25, 0.3) is 0 Å². The van der Waals surface area contributed by atoms with E-state index >= 15 is 0 Å². The molecule has 1 aromatic carbocycles. The summed E-state index contributed by atoms with van der Waals surface area (Å²) in [5.74, 6) is 0.149. The zero-order valence-corrected chi connectivity index (χ0v) is 11.6. The number of hydrogen-bond donors (Lipinski definition) is 1. The maximum absolute atomic E-state index is 12.9. The lowest BCUT2D eigenvalue weighted by atomic mass is 10.1. The average Bonchev–Trinajstić information content (AvgIpc) is 2.82. The van der Waals surface area contributed by atoms with E-state index < -0.39 is 22.5 Å². The highest BCUT2D eigenvalue weighted by molar-refractivity contribution is 7.84. The molecule has 3 nitrogen and oxygen atoms in total. The Balaban J connectivity index is 2.10. The Labute approximate surface area is 117 Å². The molecule has 0 radical (unpaired) electrons. The molecule has 1 aromatic rings. The number of rotatable bonds is 4. The maximum atomic E-state index is 12.9. The third-order valence-electron chi connectivity index (χ3n) is 3.15. The number of nitrogen functional groups attached to an aromatic ring is 1. The quantitative estimate of drug-likeness (QED) is 0.870. The second kappa shape index (κ2) is 6.13. The molecule has 1 saturated heterocycles. The molecule has 0 amide bonds. The van der Waals surface area contributed by atoms with Gasteiger partial charge in [-0.05, 0) is 30.5 Å². The molecule has 20 heavy (non-hydrogen) atoms. The van der Waals surface area contributed by atoms with Crippen molar-refractivity contribution < 1.29 is 22.1 Å². The van der Waals surface area contributed by atoms with E-state index in [1.807, 2.05) is 0 Å². The fourth-order valence-corrected chi connectivity index (χ4v) is 3.59. The molecular formula is C13H16F3NO2S. The molecule has 1 fully saturated rings. The summed E-state index contributed by atoms with van der Waals surface area (Å²) in [5, 5.41) is 0. The Kier molecular flexibility index (Phi) is 4.70. The molecule has 0 aromatic heterocycles. The number of ether oxygens (including phenoxy) is 1. The van der Waals surface area contributed by atoms with E-state index in [2.05, 4.69) is 0 Å². The van der Waals surface area contributed by atoms with Gasteiger partial charge in [0.15, 0.2) is 0 Å². The zero-order chi connectivity index (χ0) is 14.8. The predicted molar refractivity (Wildman–Crippen MR) is 71.5 cm³/mol. The molecule has 1 aliphatic rings. The minimum absolute atomic E-state index is 0.0167. The summed E-state index contributed by atoms with van der Waals surface area (Å²) >= 11 is 0. The average molecular weight is 307 g/mol. The van der Waals surface area contributed by atoms with Gasteiger partial charge in [-0.25, -0.2) is 0 Å². The highest BCUT2D eigenvalue weighted by atomic mass is 32.2. The summed E-state index contributed by atoms with van der Waals surface area (Å²) in [7, 11) is -1.38. The lowest BCUT2D eigenvalue weighted by Crippen LogP contribution is -2.18. The van der Waals surface area contributed by atoms with Crippen molar-refractivity contribution in [2.45, 2.75) is 30.9 Å². The summed E-state index contributed by atoms with van der Waals surface area (Å²) < 4.78 is 56.0. The van der Waals surface area contributed by atoms with Crippen LogP contribution in [0.3, 0.4) is 0 Å². The number of nitrogens with two attached hydrogens (primary N) is 1. The topological polar surface area (TPSA) is 52.3 Å². The molecule has 7 heteroatoms. The first kappa shape index (κ1) is 15.3. The van der Waals surface area contributed by atoms with Crippen molar-refractivity contribution in [3.63, 3.8) is 0 Å². The third-order valence-corrected chi connectivity index (χ3v) is 4.53. The van der Waals surface area contributed by atoms with Gasteiger partial charge in [0.1, 0.15) is 0 Å².